The number of aliphatic carboxylic acids is 1. The van der Waals surface area contributed by atoms with Crippen LogP contribution in [-0.2, 0) is 4.79 Å². The van der Waals surface area contributed by atoms with Crippen LogP contribution in [0.5, 0.6) is 0 Å². The van der Waals surface area contributed by atoms with E-state index >= 15 is 0 Å². The van der Waals surface area contributed by atoms with Gasteiger partial charge in [0.1, 0.15) is 0 Å². The van der Waals surface area contributed by atoms with Gasteiger partial charge in [0.05, 0.1) is 23.6 Å². The van der Waals surface area contributed by atoms with E-state index < -0.39 is 11.5 Å². The molecule has 0 atom stereocenters. The largest absolute Gasteiger partial charge is 0.481 e. The molecule has 0 spiro atoms. The normalized spacial score (nSPS) is 15.4. The number of amides is 2. The Balaban J connectivity index is 2.05. The molecule has 0 saturated heterocycles. The Hall–Kier alpha value is -2.55. The first kappa shape index (κ1) is 14.9. The summed E-state index contributed by atoms with van der Waals surface area (Å²) in [6.07, 6.45) is 2.24. The molecule has 1 saturated carbocycles. The van der Waals surface area contributed by atoms with Gasteiger partial charge in [-0.3, -0.25) is 9.69 Å². The number of urea groups is 1. The van der Waals surface area contributed by atoms with Gasteiger partial charge in [0.15, 0.2) is 0 Å². The van der Waals surface area contributed by atoms with Crippen molar-refractivity contribution in [3.05, 3.63) is 29.8 Å². The zero-order chi connectivity index (χ0) is 15.5. The number of benzene rings is 1. The van der Waals surface area contributed by atoms with Gasteiger partial charge in [-0.25, -0.2) is 4.79 Å². The van der Waals surface area contributed by atoms with Crippen LogP contribution in [0.2, 0.25) is 0 Å². The second-order valence-corrected chi connectivity index (χ2v) is 5.35. The third-order valence-electron chi connectivity index (χ3n) is 3.86. The molecule has 0 aliphatic heterocycles. The summed E-state index contributed by atoms with van der Waals surface area (Å²) in [5.74, 6) is -0.906. The summed E-state index contributed by atoms with van der Waals surface area (Å²) < 4.78 is 0. The number of carbonyl (C=O) groups is 2. The number of carboxylic acids is 1. The lowest BCUT2D eigenvalue weighted by molar-refractivity contribution is -0.139. The highest BCUT2D eigenvalue weighted by Gasteiger charge is 2.41. The minimum absolute atomic E-state index is 0.0556. The lowest BCUT2D eigenvalue weighted by atomic mass is 9.74. The maximum Gasteiger partial charge on any atom is 0.322 e. The lowest BCUT2D eigenvalue weighted by Crippen LogP contribution is -2.57. The number of hydrogen-bond acceptors (Lipinski definition) is 3. The third-order valence-corrected chi connectivity index (χ3v) is 3.86. The monoisotopic (exact) mass is 287 g/mol. The van der Waals surface area contributed by atoms with Crippen LogP contribution in [0.4, 0.5) is 10.5 Å². The predicted octanol–water partition coefficient (Wildman–Crippen LogP) is 2.10. The van der Waals surface area contributed by atoms with Crippen molar-refractivity contribution in [1.29, 1.82) is 5.26 Å². The summed E-state index contributed by atoms with van der Waals surface area (Å²) in [5, 5.41) is 20.5. The van der Waals surface area contributed by atoms with Crippen LogP contribution in [0, 0.1) is 11.3 Å². The summed E-state index contributed by atoms with van der Waals surface area (Å²) in [4.78, 5) is 24.6. The number of nitrogens with one attached hydrogen (secondary N) is 1. The Morgan fingerprint density at radius 2 is 2.00 bits per heavy atom. The van der Waals surface area contributed by atoms with Crippen LogP contribution in [0.1, 0.15) is 31.2 Å². The van der Waals surface area contributed by atoms with Crippen molar-refractivity contribution < 1.29 is 14.7 Å². The molecule has 1 aliphatic rings. The number of nitrogens with zero attached hydrogens (tertiary/aromatic N) is 2. The zero-order valence-electron chi connectivity index (χ0n) is 11.8. The van der Waals surface area contributed by atoms with Crippen molar-refractivity contribution in [2.45, 2.75) is 31.2 Å². The van der Waals surface area contributed by atoms with Crippen LogP contribution in [0.3, 0.4) is 0 Å². The quantitative estimate of drug-likeness (QED) is 0.886. The Labute approximate surface area is 123 Å². The molecule has 2 rings (SSSR count). The second kappa shape index (κ2) is 5.83. The maximum atomic E-state index is 12.2. The van der Waals surface area contributed by atoms with E-state index in [1.54, 1.807) is 31.3 Å². The fraction of sp³-hybridized carbons (Fsp3) is 0.400. The fourth-order valence-corrected chi connectivity index (χ4v) is 2.43. The van der Waals surface area contributed by atoms with E-state index in [-0.39, 0.29) is 12.5 Å². The number of rotatable bonds is 4. The molecule has 1 fully saturated rings. The third kappa shape index (κ3) is 3.31. The number of anilines is 1. The summed E-state index contributed by atoms with van der Waals surface area (Å²) >= 11 is 0. The first-order valence-electron chi connectivity index (χ1n) is 6.74. The van der Waals surface area contributed by atoms with E-state index in [0.717, 1.165) is 6.42 Å². The molecule has 0 aromatic heterocycles. The Morgan fingerprint density at radius 3 is 2.43 bits per heavy atom. The van der Waals surface area contributed by atoms with Gasteiger partial charge in [-0.2, -0.15) is 5.26 Å². The van der Waals surface area contributed by atoms with Crippen LogP contribution in [0.15, 0.2) is 24.3 Å². The SMILES string of the molecule is CN(C(=O)NC1(CC(=O)O)CCC1)c1ccc(C#N)cc1. The van der Waals surface area contributed by atoms with Gasteiger partial charge in [-0.05, 0) is 43.5 Å². The molecular weight excluding hydrogens is 270 g/mol. The summed E-state index contributed by atoms with van der Waals surface area (Å²) in [7, 11) is 1.61. The van der Waals surface area contributed by atoms with E-state index in [0.29, 0.717) is 24.1 Å². The van der Waals surface area contributed by atoms with Crippen molar-refractivity contribution in [2.24, 2.45) is 0 Å². The van der Waals surface area contributed by atoms with Crippen molar-refractivity contribution in [2.75, 3.05) is 11.9 Å². The van der Waals surface area contributed by atoms with E-state index in [2.05, 4.69) is 5.32 Å². The van der Waals surface area contributed by atoms with Gasteiger partial charge in [0.2, 0.25) is 0 Å². The Bertz CT molecular complexity index is 585. The minimum atomic E-state index is -0.906. The summed E-state index contributed by atoms with van der Waals surface area (Å²) in [6.45, 7) is 0. The van der Waals surface area contributed by atoms with Crippen LogP contribution in [-0.4, -0.2) is 29.7 Å². The van der Waals surface area contributed by atoms with E-state index in [9.17, 15) is 9.59 Å². The van der Waals surface area contributed by atoms with Crippen LogP contribution >= 0.6 is 0 Å². The van der Waals surface area contributed by atoms with Gasteiger partial charge < -0.3 is 10.4 Å². The summed E-state index contributed by atoms with van der Waals surface area (Å²) in [6, 6.07) is 8.32. The first-order valence-corrected chi connectivity index (χ1v) is 6.74. The van der Waals surface area contributed by atoms with Crippen molar-refractivity contribution in [3.8, 4) is 6.07 Å². The molecule has 2 N–H and O–H groups in total. The van der Waals surface area contributed by atoms with Gasteiger partial charge in [0, 0.05) is 12.7 Å². The van der Waals surface area contributed by atoms with E-state index in [1.807, 2.05) is 6.07 Å². The molecule has 6 nitrogen and oxygen atoms in total. The highest BCUT2D eigenvalue weighted by atomic mass is 16.4. The number of carboxylic acid groups (broad SMARTS) is 1. The molecule has 1 aliphatic carbocycles. The molecule has 0 bridgehead atoms. The fourth-order valence-electron chi connectivity index (χ4n) is 2.43. The highest BCUT2D eigenvalue weighted by Crippen LogP contribution is 2.35. The number of nitriles is 1. The molecule has 1 aromatic rings. The molecule has 110 valence electrons. The summed E-state index contributed by atoms with van der Waals surface area (Å²) in [5.41, 5.74) is 0.550. The number of hydrogen-bond donors (Lipinski definition) is 2. The maximum absolute atomic E-state index is 12.2. The smallest absolute Gasteiger partial charge is 0.322 e. The molecule has 1 aromatic carbocycles. The first-order chi connectivity index (χ1) is 9.96. The van der Waals surface area contributed by atoms with Gasteiger partial charge in [-0.1, -0.05) is 0 Å². The molecule has 6 heteroatoms. The average Bonchev–Trinajstić information content (AvgIpc) is 2.43. The standard InChI is InChI=1S/C15H17N3O3/c1-18(12-5-3-11(10-16)4-6-12)14(21)17-15(7-2-8-15)9-13(19)20/h3-6H,2,7-9H2,1H3,(H,17,21)(H,19,20). The topological polar surface area (TPSA) is 93.4 Å². The molecule has 0 heterocycles. The van der Waals surface area contributed by atoms with Gasteiger partial charge in [-0.15, -0.1) is 0 Å². The predicted molar refractivity (Wildman–Crippen MR) is 76.9 cm³/mol. The lowest BCUT2D eigenvalue weighted by Gasteiger charge is -2.42. The van der Waals surface area contributed by atoms with Crippen LogP contribution < -0.4 is 10.2 Å². The van der Waals surface area contributed by atoms with Crippen molar-refractivity contribution in [3.63, 3.8) is 0 Å². The Kier molecular flexibility index (Phi) is 4.13. The molecule has 2 amide bonds. The van der Waals surface area contributed by atoms with Crippen molar-refractivity contribution >= 4 is 17.7 Å². The van der Waals surface area contributed by atoms with E-state index in [4.69, 9.17) is 10.4 Å². The van der Waals surface area contributed by atoms with Gasteiger partial charge >= 0.3 is 12.0 Å². The minimum Gasteiger partial charge on any atom is -0.481 e. The highest BCUT2D eigenvalue weighted by molar-refractivity contribution is 5.92. The molecule has 21 heavy (non-hydrogen) atoms. The van der Waals surface area contributed by atoms with E-state index in [1.165, 1.54) is 4.90 Å². The van der Waals surface area contributed by atoms with Crippen LogP contribution in [0.25, 0.3) is 0 Å². The van der Waals surface area contributed by atoms with Gasteiger partial charge in [0.25, 0.3) is 0 Å². The van der Waals surface area contributed by atoms with Crippen molar-refractivity contribution in [1.82, 2.24) is 5.32 Å². The Morgan fingerprint density at radius 1 is 1.38 bits per heavy atom. The zero-order valence-corrected chi connectivity index (χ0v) is 11.8. The molecule has 0 unspecified atom stereocenters. The molecule has 0 radical (unpaired) electrons. The molecular formula is C15H17N3O3. The average molecular weight is 287 g/mol. The second-order valence-electron chi connectivity index (χ2n) is 5.35. The number of carbonyl (C=O) groups excluding carboxylic acids is 1.